The smallest absolute Gasteiger partial charge is 0.170 e. The zero-order chi connectivity index (χ0) is 21.2. The Morgan fingerprint density at radius 3 is 1.30 bits per heavy atom. The summed E-state index contributed by atoms with van der Waals surface area (Å²) in [5.74, 6) is -1.35. The Bertz CT molecular complexity index is 386. The molecule has 0 aromatic carbocycles. The van der Waals surface area contributed by atoms with Gasteiger partial charge in [0.1, 0.15) is 5.92 Å². The Hall–Kier alpha value is -0.361. The van der Waals surface area contributed by atoms with Gasteiger partial charge in [0.05, 0.1) is 5.57 Å². The van der Waals surface area contributed by atoms with Crippen LogP contribution in [0.3, 0.4) is 0 Å². The Morgan fingerprint density at radius 1 is 0.741 bits per heavy atom. The Labute approximate surface area is 178 Å². The second-order valence-corrected chi connectivity index (χ2v) is 5.07. The summed E-state index contributed by atoms with van der Waals surface area (Å²) in [5, 5.41) is 0. The van der Waals surface area contributed by atoms with Crippen molar-refractivity contribution in [1.82, 2.24) is 0 Å². The number of rotatable bonds is 3. The van der Waals surface area contributed by atoms with Crippen LogP contribution in [0, 0.1) is 26.7 Å². The normalized spacial score (nSPS) is 13.0. The van der Waals surface area contributed by atoms with E-state index in [-0.39, 0.29) is 30.0 Å². The third-order valence-electron chi connectivity index (χ3n) is 2.50. The fraction of sp³-hybridized carbons (Fsp3) is 0.550. The fourth-order valence-corrected chi connectivity index (χ4v) is 0.799. The Morgan fingerprint density at radius 2 is 1.07 bits per heavy atom. The molecule has 0 spiro atoms. The monoisotopic (exact) mass is 504 g/mol. The number of hydrogen-bond acceptors (Lipinski definition) is 0. The van der Waals surface area contributed by atoms with E-state index in [0.29, 0.717) is 12.2 Å². The molecule has 0 unspecified atom stereocenters. The first-order chi connectivity index (χ1) is 12.0. The summed E-state index contributed by atoms with van der Waals surface area (Å²) in [6, 6.07) is 0. The van der Waals surface area contributed by atoms with Gasteiger partial charge in [-0.3, -0.25) is 0 Å². The maximum atomic E-state index is 12.0. The summed E-state index contributed by atoms with van der Waals surface area (Å²) in [7, 11) is 0. The van der Waals surface area contributed by atoms with E-state index in [9.17, 15) is 26.3 Å². The molecule has 1 aliphatic carbocycles. The van der Waals surface area contributed by atoms with Gasteiger partial charge >= 0.3 is 12.4 Å². The van der Waals surface area contributed by atoms with E-state index >= 15 is 0 Å². The van der Waals surface area contributed by atoms with E-state index in [4.69, 9.17) is 0 Å². The predicted molar refractivity (Wildman–Crippen MR) is 103 cm³/mol. The largest absolute Gasteiger partial charge is 0.416 e. The molecule has 0 aromatic heterocycles. The van der Waals surface area contributed by atoms with Crippen molar-refractivity contribution in [2.45, 2.75) is 71.6 Å². The van der Waals surface area contributed by atoms with Crippen LogP contribution in [0.1, 0.15) is 59.3 Å². The number of halogens is 6. The van der Waals surface area contributed by atoms with Crippen molar-refractivity contribution in [3.63, 3.8) is 0 Å². The summed E-state index contributed by atoms with van der Waals surface area (Å²) < 4.78 is 71.8. The average Bonchev–Trinajstić information content (AvgIpc) is 2.61. The van der Waals surface area contributed by atoms with Crippen molar-refractivity contribution in [2.75, 3.05) is 0 Å². The molecule has 0 nitrogen and oxygen atoms in total. The van der Waals surface area contributed by atoms with Crippen molar-refractivity contribution in [3.8, 4) is 0 Å². The minimum absolute atomic E-state index is 0. The van der Waals surface area contributed by atoms with Gasteiger partial charge in [0.25, 0.3) is 0 Å². The van der Waals surface area contributed by atoms with Gasteiger partial charge in [0.2, 0.25) is 0 Å². The van der Waals surface area contributed by atoms with Crippen molar-refractivity contribution in [3.05, 3.63) is 56.2 Å². The van der Waals surface area contributed by atoms with E-state index in [1.165, 1.54) is 19.3 Å². The fourth-order valence-electron chi connectivity index (χ4n) is 0.799. The van der Waals surface area contributed by atoms with E-state index in [0.717, 1.165) is 19.3 Å². The molecule has 0 saturated carbocycles. The second kappa shape index (κ2) is 20.4. The minimum atomic E-state index is -4.78. The number of hydrogen-bond donors (Lipinski definition) is 0. The third kappa shape index (κ3) is 23.6. The summed E-state index contributed by atoms with van der Waals surface area (Å²) in [4.78, 5) is 0. The van der Waals surface area contributed by atoms with Crippen LogP contribution in [0.25, 0.3) is 0 Å². The topological polar surface area (TPSA) is 0 Å². The molecular weight excluding hydrogens is 473 g/mol. The van der Waals surface area contributed by atoms with Crippen LogP contribution in [-0.2, 0) is 0 Å². The summed E-state index contributed by atoms with van der Waals surface area (Å²) in [5.41, 5.74) is 0.448. The van der Waals surface area contributed by atoms with E-state index in [1.807, 2.05) is 0 Å². The molecule has 0 heterocycles. The number of allylic oxidation sites excluding steroid dienone is 3. The minimum Gasteiger partial charge on any atom is -0.170 e. The number of unbranched alkanes of at least 4 members (excludes halogenated alkanes) is 3. The van der Waals surface area contributed by atoms with Crippen LogP contribution >= 0.6 is 0 Å². The van der Waals surface area contributed by atoms with E-state index < -0.39 is 23.8 Å². The summed E-state index contributed by atoms with van der Waals surface area (Å²) in [6.07, 6.45) is -1.74. The van der Waals surface area contributed by atoms with Gasteiger partial charge in [0, 0.05) is 23.9 Å². The molecule has 0 N–H and O–H groups in total. The first-order valence-corrected chi connectivity index (χ1v) is 8.49. The van der Waals surface area contributed by atoms with Gasteiger partial charge in [0.15, 0.2) is 0 Å². The summed E-state index contributed by atoms with van der Waals surface area (Å²) in [6.45, 7) is 17.2. The molecule has 1 aliphatic rings. The Kier molecular flexibility index (Phi) is 25.8. The molecule has 7 heteroatoms. The second-order valence-electron chi connectivity index (χ2n) is 5.07. The van der Waals surface area contributed by atoms with Gasteiger partial charge < -0.3 is 0 Å². The van der Waals surface area contributed by atoms with E-state index in [1.54, 1.807) is 5.73 Å². The zero-order valence-electron chi connectivity index (χ0n) is 16.4. The third-order valence-corrected chi connectivity index (χ3v) is 2.50. The SMILES string of the molecule is FC(F)(F)[C]1C=C=CC(C(F)(F)F)=C1.[CH2]CCC.[CH2]CCC.[CH2]CCC.[Sn]. The predicted octanol–water partition coefficient (Wildman–Crippen LogP) is 7.82. The molecule has 0 saturated heterocycles. The first-order valence-electron chi connectivity index (χ1n) is 8.49. The molecule has 0 fully saturated rings. The van der Waals surface area contributed by atoms with Gasteiger partial charge in [-0.15, -0.1) is 5.73 Å². The summed E-state index contributed by atoms with van der Waals surface area (Å²) >= 11 is 0. The molecule has 0 bridgehead atoms. The molecule has 0 amide bonds. The maximum absolute atomic E-state index is 12.0. The Balaban J connectivity index is -0.000000169. The van der Waals surface area contributed by atoms with Crippen LogP contribution < -0.4 is 0 Å². The van der Waals surface area contributed by atoms with Crippen LogP contribution in [0.15, 0.2) is 29.5 Å². The quantitative estimate of drug-likeness (QED) is 0.209. The molecule has 0 atom stereocenters. The molecule has 8 radical (unpaired) electrons. The number of alkyl halides is 6. The maximum Gasteiger partial charge on any atom is 0.416 e. The van der Waals surface area contributed by atoms with Crippen LogP contribution in [0.2, 0.25) is 0 Å². The van der Waals surface area contributed by atoms with Crippen LogP contribution in [-0.4, -0.2) is 36.3 Å². The molecule has 0 aromatic rings. The van der Waals surface area contributed by atoms with Gasteiger partial charge in [-0.2, -0.15) is 26.3 Å². The van der Waals surface area contributed by atoms with Crippen molar-refractivity contribution in [2.24, 2.45) is 0 Å². The zero-order valence-corrected chi connectivity index (χ0v) is 19.2. The first kappa shape index (κ1) is 34.2. The molecule has 27 heavy (non-hydrogen) atoms. The molecule has 0 aliphatic heterocycles. The van der Waals surface area contributed by atoms with Gasteiger partial charge in [-0.05, 0) is 12.2 Å². The average molecular weight is 503 g/mol. The van der Waals surface area contributed by atoms with Crippen LogP contribution in [0.5, 0.6) is 0 Å². The molecular formula is C20H30F6Sn. The molecule has 156 valence electrons. The molecule has 1 rings (SSSR count). The van der Waals surface area contributed by atoms with Crippen molar-refractivity contribution >= 4 is 23.9 Å². The standard InChI is InChI=1S/C8H3F6.3C4H9.Sn/c9-7(10,11)5-2-1-3-6(4-5)8(12,13)14;3*1-3-4-2;/h2-4H;3*1,3-4H2,2H3;. The van der Waals surface area contributed by atoms with Gasteiger partial charge in [-0.1, -0.05) is 86.1 Å². The van der Waals surface area contributed by atoms with E-state index in [2.05, 4.69) is 41.5 Å². The van der Waals surface area contributed by atoms with Gasteiger partial charge in [-0.25, -0.2) is 0 Å². The van der Waals surface area contributed by atoms with Crippen molar-refractivity contribution < 1.29 is 26.3 Å². The van der Waals surface area contributed by atoms with Crippen LogP contribution in [0.4, 0.5) is 26.3 Å². The van der Waals surface area contributed by atoms with Crippen molar-refractivity contribution in [1.29, 1.82) is 0 Å².